The molecule has 1 fully saturated rings. The Morgan fingerprint density at radius 3 is 1.85 bits per heavy atom. The quantitative estimate of drug-likeness (QED) is 0.328. The molecule has 1 saturated heterocycles. The third kappa shape index (κ3) is 7.92. The first-order valence-electron chi connectivity index (χ1n) is 11.7. The maximum Gasteiger partial charge on any atom is 0.170 e. The van der Waals surface area contributed by atoms with Crippen LogP contribution in [0.25, 0.3) is 0 Å². The predicted molar refractivity (Wildman–Crippen MR) is 145 cm³/mol. The molecule has 184 valence electrons. The fourth-order valence-electron chi connectivity index (χ4n) is 4.17. The molecule has 1 aliphatic heterocycles. The highest BCUT2D eigenvalue weighted by Gasteiger charge is 2.24. The molecule has 0 radical (unpaired) electrons. The molecule has 4 nitrogen and oxygen atoms in total. The smallest absolute Gasteiger partial charge is 0.170 e. The molecule has 1 aliphatic rings. The van der Waals surface area contributed by atoms with Gasteiger partial charge in [0.1, 0.15) is 11.5 Å². The van der Waals surface area contributed by atoms with Crippen LogP contribution in [-0.2, 0) is 0 Å². The molecule has 1 atom stereocenters. The summed E-state index contributed by atoms with van der Waals surface area (Å²) in [5.74, 6) is 3.77. The van der Waals surface area contributed by atoms with Crippen molar-refractivity contribution in [3.63, 3.8) is 0 Å². The second-order valence-electron chi connectivity index (χ2n) is 8.81. The SMILES string of the molecule is CC(C)CC[C@@H](c1ccc(Oc2ccccc2)c(Oc2ccccc2)c1)N1CCNCC1.Cl.Cl. The molecule has 3 aromatic carbocycles. The molecule has 0 unspecified atom stereocenters. The number of ether oxygens (including phenoxy) is 2. The van der Waals surface area contributed by atoms with E-state index in [9.17, 15) is 0 Å². The van der Waals surface area contributed by atoms with Crippen molar-refractivity contribution in [3.05, 3.63) is 84.4 Å². The van der Waals surface area contributed by atoms with Crippen LogP contribution in [-0.4, -0.2) is 31.1 Å². The van der Waals surface area contributed by atoms with Crippen LogP contribution in [0, 0.1) is 5.92 Å². The van der Waals surface area contributed by atoms with E-state index in [1.54, 1.807) is 0 Å². The molecule has 34 heavy (non-hydrogen) atoms. The fraction of sp³-hybridized carbons (Fsp3) is 0.357. The molecule has 1 heterocycles. The lowest BCUT2D eigenvalue weighted by molar-refractivity contribution is 0.159. The molecule has 3 aromatic rings. The molecule has 0 spiro atoms. The molecule has 6 heteroatoms. The van der Waals surface area contributed by atoms with Crippen molar-refractivity contribution in [3.8, 4) is 23.0 Å². The van der Waals surface area contributed by atoms with Gasteiger partial charge < -0.3 is 14.8 Å². The first kappa shape index (κ1) is 28.0. The Kier molecular flexibility index (Phi) is 11.7. The number of halogens is 2. The van der Waals surface area contributed by atoms with E-state index in [2.05, 4.69) is 42.3 Å². The summed E-state index contributed by atoms with van der Waals surface area (Å²) < 4.78 is 12.5. The normalized spacial score (nSPS) is 14.6. The summed E-state index contributed by atoms with van der Waals surface area (Å²) in [6.45, 7) is 8.83. The van der Waals surface area contributed by atoms with Crippen molar-refractivity contribution in [2.45, 2.75) is 32.7 Å². The average Bonchev–Trinajstić information content (AvgIpc) is 2.82. The van der Waals surface area contributed by atoms with Crippen LogP contribution in [0.1, 0.15) is 38.3 Å². The number of hydrogen-bond acceptors (Lipinski definition) is 4. The van der Waals surface area contributed by atoms with Crippen LogP contribution in [0.5, 0.6) is 23.0 Å². The zero-order chi connectivity index (χ0) is 22.2. The molecule has 0 aliphatic carbocycles. The first-order chi connectivity index (χ1) is 15.7. The summed E-state index contributed by atoms with van der Waals surface area (Å²) in [7, 11) is 0. The minimum atomic E-state index is 0. The van der Waals surface area contributed by atoms with Gasteiger partial charge in [-0.15, -0.1) is 24.8 Å². The van der Waals surface area contributed by atoms with Gasteiger partial charge in [-0.3, -0.25) is 4.90 Å². The van der Waals surface area contributed by atoms with E-state index in [0.29, 0.717) is 12.0 Å². The number of rotatable bonds is 9. The summed E-state index contributed by atoms with van der Waals surface area (Å²) in [5, 5.41) is 3.48. The number of para-hydroxylation sites is 2. The van der Waals surface area contributed by atoms with Crippen LogP contribution < -0.4 is 14.8 Å². The minimum Gasteiger partial charge on any atom is -0.453 e. The number of hydrogen-bond donors (Lipinski definition) is 1. The average molecular weight is 504 g/mol. The van der Waals surface area contributed by atoms with Gasteiger partial charge in [0.15, 0.2) is 11.5 Å². The van der Waals surface area contributed by atoms with E-state index in [-0.39, 0.29) is 24.8 Å². The van der Waals surface area contributed by atoms with Crippen molar-refractivity contribution >= 4 is 24.8 Å². The van der Waals surface area contributed by atoms with Gasteiger partial charge in [0.25, 0.3) is 0 Å². The Hall–Kier alpha value is -2.24. The van der Waals surface area contributed by atoms with Crippen LogP contribution in [0.15, 0.2) is 78.9 Å². The monoisotopic (exact) mass is 502 g/mol. The Bertz CT molecular complexity index is 965. The van der Waals surface area contributed by atoms with Crippen molar-refractivity contribution < 1.29 is 9.47 Å². The lowest BCUT2D eigenvalue weighted by Gasteiger charge is -2.36. The standard InChI is InChI=1S/C28H34N2O2.2ClH/c1-22(2)13-15-26(30-19-17-29-18-20-30)23-14-16-27(31-24-9-5-3-6-10-24)28(21-23)32-25-11-7-4-8-12-25;;/h3-12,14,16,21-22,26,29H,13,15,17-20H2,1-2H3;2*1H/t26-;;/m0../s1. The van der Waals surface area contributed by atoms with Crippen molar-refractivity contribution in [2.75, 3.05) is 26.2 Å². The summed E-state index contributed by atoms with van der Waals surface area (Å²) in [5.41, 5.74) is 1.29. The lowest BCUT2D eigenvalue weighted by Crippen LogP contribution is -2.45. The van der Waals surface area contributed by atoms with E-state index in [1.165, 1.54) is 12.0 Å². The van der Waals surface area contributed by atoms with Crippen molar-refractivity contribution in [2.24, 2.45) is 5.92 Å². The summed E-state index contributed by atoms with van der Waals surface area (Å²) in [6.07, 6.45) is 2.34. The maximum atomic E-state index is 6.33. The molecule has 0 amide bonds. The molecule has 0 saturated carbocycles. The Morgan fingerprint density at radius 1 is 0.735 bits per heavy atom. The second-order valence-corrected chi connectivity index (χ2v) is 8.81. The number of nitrogens with one attached hydrogen (secondary N) is 1. The van der Waals surface area contributed by atoms with E-state index < -0.39 is 0 Å². The fourth-order valence-corrected chi connectivity index (χ4v) is 4.17. The predicted octanol–water partition coefficient (Wildman–Crippen LogP) is 7.50. The third-order valence-electron chi connectivity index (χ3n) is 5.90. The number of nitrogens with zero attached hydrogens (tertiary/aromatic N) is 1. The maximum absolute atomic E-state index is 6.33. The van der Waals surface area contributed by atoms with Crippen LogP contribution >= 0.6 is 24.8 Å². The number of benzene rings is 3. The molecule has 1 N–H and O–H groups in total. The van der Waals surface area contributed by atoms with Crippen LogP contribution in [0.4, 0.5) is 0 Å². The summed E-state index contributed by atoms with van der Waals surface area (Å²) in [6, 6.07) is 26.6. The van der Waals surface area contributed by atoms with Crippen molar-refractivity contribution in [1.82, 2.24) is 10.2 Å². The number of piperazine rings is 1. The zero-order valence-corrected chi connectivity index (χ0v) is 21.6. The Morgan fingerprint density at radius 2 is 1.29 bits per heavy atom. The van der Waals surface area contributed by atoms with Gasteiger partial charge in [-0.05, 0) is 60.7 Å². The first-order valence-corrected chi connectivity index (χ1v) is 11.7. The lowest BCUT2D eigenvalue weighted by atomic mass is 9.95. The largest absolute Gasteiger partial charge is 0.453 e. The van der Waals surface area contributed by atoms with Gasteiger partial charge in [0.2, 0.25) is 0 Å². The van der Waals surface area contributed by atoms with E-state index in [0.717, 1.165) is 55.6 Å². The van der Waals surface area contributed by atoms with Gasteiger partial charge in [-0.25, -0.2) is 0 Å². The molecular weight excluding hydrogens is 467 g/mol. The highest BCUT2D eigenvalue weighted by atomic mass is 35.5. The minimum absolute atomic E-state index is 0. The van der Waals surface area contributed by atoms with E-state index >= 15 is 0 Å². The second kappa shape index (κ2) is 14.2. The Labute approximate surface area is 216 Å². The Balaban J connectivity index is 0.00000204. The van der Waals surface area contributed by atoms with Gasteiger partial charge in [-0.1, -0.05) is 56.3 Å². The molecule has 4 rings (SSSR count). The highest BCUT2D eigenvalue weighted by molar-refractivity contribution is 5.85. The van der Waals surface area contributed by atoms with Gasteiger partial charge in [0.05, 0.1) is 0 Å². The zero-order valence-electron chi connectivity index (χ0n) is 20.0. The molecule has 0 bridgehead atoms. The summed E-state index contributed by atoms with van der Waals surface area (Å²) >= 11 is 0. The third-order valence-corrected chi connectivity index (χ3v) is 5.90. The van der Waals surface area contributed by atoms with Crippen molar-refractivity contribution in [1.29, 1.82) is 0 Å². The topological polar surface area (TPSA) is 33.7 Å². The summed E-state index contributed by atoms with van der Waals surface area (Å²) in [4.78, 5) is 2.61. The molecular formula is C28H36Cl2N2O2. The van der Waals surface area contributed by atoms with Crippen LogP contribution in [0.2, 0.25) is 0 Å². The van der Waals surface area contributed by atoms with Gasteiger partial charge in [-0.2, -0.15) is 0 Å². The van der Waals surface area contributed by atoms with E-state index in [4.69, 9.17) is 9.47 Å². The molecule has 0 aromatic heterocycles. The van der Waals surface area contributed by atoms with Gasteiger partial charge in [0, 0.05) is 32.2 Å². The van der Waals surface area contributed by atoms with Crippen LogP contribution in [0.3, 0.4) is 0 Å². The highest BCUT2D eigenvalue weighted by Crippen LogP contribution is 2.39. The van der Waals surface area contributed by atoms with Gasteiger partial charge >= 0.3 is 0 Å². The van der Waals surface area contributed by atoms with E-state index in [1.807, 2.05) is 60.7 Å².